The quantitative estimate of drug-likeness (QED) is 0.432. The van der Waals surface area contributed by atoms with Gasteiger partial charge in [0.25, 0.3) is 5.91 Å². The van der Waals surface area contributed by atoms with Gasteiger partial charge in [0.2, 0.25) is 0 Å². The number of fused-ring (bicyclic) bond motifs is 1. The molecule has 0 radical (unpaired) electrons. The molecule has 0 aliphatic rings. The molecule has 0 saturated carbocycles. The van der Waals surface area contributed by atoms with Crippen molar-refractivity contribution in [1.29, 1.82) is 0 Å². The first kappa shape index (κ1) is 20.5. The number of hydrogen-bond donors (Lipinski definition) is 0. The van der Waals surface area contributed by atoms with E-state index in [1.165, 1.54) is 11.0 Å². The van der Waals surface area contributed by atoms with Gasteiger partial charge < -0.3 is 4.90 Å². The van der Waals surface area contributed by atoms with E-state index in [1.807, 2.05) is 30.3 Å². The molecule has 2 heterocycles. The van der Waals surface area contributed by atoms with Crippen LogP contribution in [-0.4, -0.2) is 27.8 Å². The number of halogens is 3. The summed E-state index contributed by atoms with van der Waals surface area (Å²) in [6.45, 7) is 0.0352. The molecule has 0 aliphatic heterocycles. The van der Waals surface area contributed by atoms with Crippen molar-refractivity contribution >= 4 is 16.9 Å². The Bertz CT molecular complexity index is 1240. The lowest BCUT2D eigenvalue weighted by molar-refractivity contribution is -0.137. The molecule has 31 heavy (non-hydrogen) atoms. The Morgan fingerprint density at radius 2 is 1.74 bits per heavy atom. The van der Waals surface area contributed by atoms with Gasteiger partial charge in [-0.15, -0.1) is 0 Å². The molecule has 4 rings (SSSR count). The molecule has 4 nitrogen and oxygen atoms in total. The second kappa shape index (κ2) is 8.18. The van der Waals surface area contributed by atoms with Crippen LogP contribution in [0.2, 0.25) is 0 Å². The zero-order valence-corrected chi connectivity index (χ0v) is 16.6. The number of carbonyl (C=O) groups is 1. The van der Waals surface area contributed by atoms with Crippen LogP contribution in [0.1, 0.15) is 21.5 Å². The van der Waals surface area contributed by atoms with Gasteiger partial charge in [0.05, 0.1) is 16.8 Å². The Morgan fingerprint density at radius 3 is 2.48 bits per heavy atom. The number of benzene rings is 2. The second-order valence-electron chi connectivity index (χ2n) is 7.16. The number of amides is 1. The van der Waals surface area contributed by atoms with Gasteiger partial charge in [0.15, 0.2) is 5.65 Å². The van der Waals surface area contributed by atoms with Gasteiger partial charge in [-0.05, 0) is 35.9 Å². The van der Waals surface area contributed by atoms with Crippen LogP contribution in [0.25, 0.3) is 22.3 Å². The van der Waals surface area contributed by atoms with Crippen LogP contribution in [-0.2, 0) is 12.7 Å². The number of nitrogens with zero attached hydrogens (tertiary/aromatic N) is 3. The summed E-state index contributed by atoms with van der Waals surface area (Å²) in [5.41, 5.74) is 1.92. The number of rotatable bonds is 4. The average molecular weight is 421 g/mol. The maximum absolute atomic E-state index is 13.3. The van der Waals surface area contributed by atoms with Crippen LogP contribution >= 0.6 is 0 Å². The zero-order chi connectivity index (χ0) is 22.0. The van der Waals surface area contributed by atoms with Gasteiger partial charge >= 0.3 is 6.18 Å². The SMILES string of the molecule is CN(Cc1cccc(C(F)(F)F)c1)C(=O)c1cc(-c2ccccc2)nc2ncccc12. The average Bonchev–Trinajstić information content (AvgIpc) is 2.78. The van der Waals surface area contributed by atoms with E-state index in [1.54, 1.807) is 37.5 Å². The summed E-state index contributed by atoms with van der Waals surface area (Å²) < 4.78 is 39.0. The molecule has 4 aromatic rings. The molecule has 0 atom stereocenters. The molecule has 0 aliphatic carbocycles. The predicted octanol–water partition coefficient (Wildman–Crippen LogP) is 5.59. The summed E-state index contributed by atoms with van der Waals surface area (Å²) in [5.74, 6) is -0.324. The largest absolute Gasteiger partial charge is 0.416 e. The Hall–Kier alpha value is -3.74. The fourth-order valence-corrected chi connectivity index (χ4v) is 3.39. The number of hydrogen-bond acceptors (Lipinski definition) is 3. The van der Waals surface area contributed by atoms with Crippen molar-refractivity contribution in [3.63, 3.8) is 0 Å². The van der Waals surface area contributed by atoms with Crippen LogP contribution in [0.3, 0.4) is 0 Å². The van der Waals surface area contributed by atoms with Gasteiger partial charge in [0.1, 0.15) is 0 Å². The van der Waals surface area contributed by atoms with E-state index in [0.29, 0.717) is 27.9 Å². The maximum atomic E-state index is 13.3. The van der Waals surface area contributed by atoms with Crippen molar-refractivity contribution in [1.82, 2.24) is 14.9 Å². The monoisotopic (exact) mass is 421 g/mol. The number of carbonyl (C=O) groups excluding carboxylic acids is 1. The molecular weight excluding hydrogens is 403 g/mol. The molecule has 1 amide bonds. The molecule has 0 N–H and O–H groups in total. The third kappa shape index (κ3) is 4.40. The van der Waals surface area contributed by atoms with E-state index < -0.39 is 11.7 Å². The van der Waals surface area contributed by atoms with E-state index >= 15 is 0 Å². The highest BCUT2D eigenvalue weighted by atomic mass is 19.4. The fraction of sp³-hybridized carbons (Fsp3) is 0.125. The number of pyridine rings is 2. The molecule has 0 unspecified atom stereocenters. The maximum Gasteiger partial charge on any atom is 0.416 e. The number of alkyl halides is 3. The lowest BCUT2D eigenvalue weighted by atomic mass is 10.0. The van der Waals surface area contributed by atoms with Crippen molar-refractivity contribution in [3.05, 3.63) is 95.7 Å². The molecule has 7 heteroatoms. The third-order valence-corrected chi connectivity index (χ3v) is 4.90. The molecule has 0 bridgehead atoms. The topological polar surface area (TPSA) is 46.1 Å². The van der Waals surface area contributed by atoms with Crippen LogP contribution < -0.4 is 0 Å². The van der Waals surface area contributed by atoms with Gasteiger partial charge in [0, 0.05) is 30.7 Å². The van der Waals surface area contributed by atoms with Gasteiger partial charge in [-0.3, -0.25) is 4.79 Å². The van der Waals surface area contributed by atoms with Gasteiger partial charge in [-0.2, -0.15) is 13.2 Å². The first-order valence-corrected chi connectivity index (χ1v) is 9.56. The van der Waals surface area contributed by atoms with Crippen molar-refractivity contribution in [2.75, 3.05) is 7.05 Å². The smallest absolute Gasteiger partial charge is 0.337 e. The van der Waals surface area contributed by atoms with Gasteiger partial charge in [-0.25, -0.2) is 9.97 Å². The van der Waals surface area contributed by atoms with E-state index in [9.17, 15) is 18.0 Å². The second-order valence-corrected chi connectivity index (χ2v) is 7.16. The highest BCUT2D eigenvalue weighted by molar-refractivity contribution is 6.06. The van der Waals surface area contributed by atoms with E-state index in [0.717, 1.165) is 17.7 Å². The highest BCUT2D eigenvalue weighted by Gasteiger charge is 2.30. The molecule has 0 fully saturated rings. The summed E-state index contributed by atoms with van der Waals surface area (Å²) in [7, 11) is 1.56. The summed E-state index contributed by atoms with van der Waals surface area (Å²) >= 11 is 0. The Labute approximate surface area is 177 Å². The van der Waals surface area contributed by atoms with Crippen LogP contribution in [0.4, 0.5) is 13.2 Å². The number of aromatic nitrogens is 2. The highest BCUT2D eigenvalue weighted by Crippen LogP contribution is 2.30. The first-order valence-electron chi connectivity index (χ1n) is 9.56. The summed E-state index contributed by atoms with van der Waals surface area (Å²) in [6.07, 6.45) is -2.83. The van der Waals surface area contributed by atoms with E-state index in [2.05, 4.69) is 9.97 Å². The molecule has 2 aromatic heterocycles. The Kier molecular flexibility index (Phi) is 5.42. The Morgan fingerprint density at radius 1 is 0.968 bits per heavy atom. The molecule has 0 spiro atoms. The molecule has 0 saturated heterocycles. The van der Waals surface area contributed by atoms with Gasteiger partial charge in [-0.1, -0.05) is 42.5 Å². The summed E-state index contributed by atoms with van der Waals surface area (Å²) in [5, 5.41) is 0.586. The van der Waals surface area contributed by atoms with Crippen LogP contribution in [0.15, 0.2) is 79.0 Å². The third-order valence-electron chi connectivity index (χ3n) is 4.90. The Balaban J connectivity index is 1.70. The minimum Gasteiger partial charge on any atom is -0.337 e. The fourth-order valence-electron chi connectivity index (χ4n) is 3.39. The molecular formula is C24H18F3N3O. The van der Waals surface area contributed by atoms with Crippen molar-refractivity contribution in [2.24, 2.45) is 0 Å². The first-order chi connectivity index (χ1) is 14.8. The summed E-state index contributed by atoms with van der Waals surface area (Å²) in [6, 6.07) is 19.6. The lowest BCUT2D eigenvalue weighted by Crippen LogP contribution is -2.26. The normalized spacial score (nSPS) is 11.5. The minimum atomic E-state index is -4.43. The van der Waals surface area contributed by atoms with Crippen molar-refractivity contribution < 1.29 is 18.0 Å². The van der Waals surface area contributed by atoms with E-state index in [-0.39, 0.29) is 12.5 Å². The lowest BCUT2D eigenvalue weighted by Gasteiger charge is -2.19. The predicted molar refractivity (Wildman–Crippen MR) is 112 cm³/mol. The van der Waals surface area contributed by atoms with Crippen LogP contribution in [0, 0.1) is 0 Å². The molecule has 2 aromatic carbocycles. The standard InChI is InChI=1S/C24H18F3N3O/c1-30(15-16-7-5-10-18(13-16)24(25,26)27)23(31)20-14-21(17-8-3-2-4-9-17)29-22-19(20)11-6-12-28-22/h2-14H,15H2,1H3. The van der Waals surface area contributed by atoms with Crippen molar-refractivity contribution in [2.45, 2.75) is 12.7 Å². The van der Waals surface area contributed by atoms with Crippen LogP contribution in [0.5, 0.6) is 0 Å². The zero-order valence-electron chi connectivity index (χ0n) is 16.6. The molecule has 156 valence electrons. The minimum absolute atomic E-state index is 0.0352. The van der Waals surface area contributed by atoms with Crippen molar-refractivity contribution in [3.8, 4) is 11.3 Å². The van der Waals surface area contributed by atoms with E-state index in [4.69, 9.17) is 0 Å². The summed E-state index contributed by atoms with van der Waals surface area (Å²) in [4.78, 5) is 23.5.